The maximum atomic E-state index is 11.8. The first-order chi connectivity index (χ1) is 8.85. The fourth-order valence-corrected chi connectivity index (χ4v) is 1.44. The van der Waals surface area contributed by atoms with E-state index in [-0.39, 0.29) is 18.0 Å². The van der Waals surface area contributed by atoms with Crippen molar-refractivity contribution in [1.82, 2.24) is 5.32 Å². The predicted octanol–water partition coefficient (Wildman–Crippen LogP) is 2.03. The number of hydrogen-bond acceptors (Lipinski definition) is 4. The highest BCUT2D eigenvalue weighted by molar-refractivity contribution is 5.93. The number of carbonyl (C=O) groups is 1. The molecule has 106 valence electrons. The van der Waals surface area contributed by atoms with Crippen LogP contribution in [0, 0.1) is 0 Å². The van der Waals surface area contributed by atoms with E-state index in [9.17, 15) is 4.79 Å². The number of rotatable bonds is 5. The molecule has 0 spiro atoms. The second kappa shape index (κ2) is 6.43. The number of benzene rings is 1. The third-order valence-electron chi connectivity index (χ3n) is 2.46. The Kier molecular flexibility index (Phi) is 5.18. The quantitative estimate of drug-likeness (QED) is 0.856. The smallest absolute Gasteiger partial charge is 0.238 e. The minimum absolute atomic E-state index is 0.0959. The molecule has 0 heterocycles. The second-order valence-electron chi connectivity index (χ2n) is 5.22. The van der Waals surface area contributed by atoms with Crippen LogP contribution >= 0.6 is 0 Å². The van der Waals surface area contributed by atoms with Crippen LogP contribution in [0.1, 0.15) is 20.8 Å². The highest BCUT2D eigenvalue weighted by Gasteiger charge is 2.13. The lowest BCUT2D eigenvalue weighted by Crippen LogP contribution is -2.41. The fraction of sp³-hybridized carbons (Fsp3) is 0.500. The van der Waals surface area contributed by atoms with Crippen molar-refractivity contribution < 1.29 is 14.3 Å². The molecule has 0 saturated heterocycles. The van der Waals surface area contributed by atoms with Crippen LogP contribution < -0.4 is 20.1 Å². The van der Waals surface area contributed by atoms with Gasteiger partial charge in [0, 0.05) is 11.6 Å². The molecule has 1 rings (SSSR count). The molecule has 0 fully saturated rings. The molecule has 0 unspecified atom stereocenters. The van der Waals surface area contributed by atoms with Crippen molar-refractivity contribution in [1.29, 1.82) is 0 Å². The number of hydrogen-bond donors (Lipinski definition) is 2. The van der Waals surface area contributed by atoms with Crippen LogP contribution in [0.25, 0.3) is 0 Å². The van der Waals surface area contributed by atoms with E-state index in [1.54, 1.807) is 32.4 Å². The average molecular weight is 266 g/mol. The van der Waals surface area contributed by atoms with E-state index in [0.717, 1.165) is 0 Å². The van der Waals surface area contributed by atoms with E-state index in [2.05, 4.69) is 10.6 Å². The standard InChI is InChI=1S/C14H22N2O3/c1-14(2,3)15-9-13(17)16-11-7-6-10(18-4)8-12(11)19-5/h6-8,15H,9H2,1-5H3,(H,16,17). The first-order valence-corrected chi connectivity index (χ1v) is 6.12. The Bertz CT molecular complexity index is 439. The minimum Gasteiger partial charge on any atom is -0.497 e. The lowest BCUT2D eigenvalue weighted by Gasteiger charge is -2.20. The summed E-state index contributed by atoms with van der Waals surface area (Å²) in [6, 6.07) is 5.26. The van der Waals surface area contributed by atoms with Crippen LogP contribution in [0.4, 0.5) is 5.69 Å². The van der Waals surface area contributed by atoms with Gasteiger partial charge in [0.2, 0.25) is 5.91 Å². The minimum atomic E-state index is -0.113. The van der Waals surface area contributed by atoms with Crippen LogP contribution in [-0.4, -0.2) is 32.2 Å². The zero-order valence-corrected chi connectivity index (χ0v) is 12.2. The number of anilines is 1. The van der Waals surface area contributed by atoms with Gasteiger partial charge in [0.1, 0.15) is 11.5 Å². The van der Waals surface area contributed by atoms with Gasteiger partial charge in [-0.05, 0) is 32.9 Å². The SMILES string of the molecule is COc1ccc(NC(=O)CNC(C)(C)C)c(OC)c1. The second-order valence-corrected chi connectivity index (χ2v) is 5.22. The van der Waals surface area contributed by atoms with Gasteiger partial charge in [-0.15, -0.1) is 0 Å². The van der Waals surface area contributed by atoms with E-state index in [0.29, 0.717) is 17.2 Å². The Morgan fingerprint density at radius 2 is 1.89 bits per heavy atom. The van der Waals surface area contributed by atoms with Gasteiger partial charge in [-0.1, -0.05) is 0 Å². The normalized spacial score (nSPS) is 11.0. The summed E-state index contributed by atoms with van der Waals surface area (Å²) in [4.78, 5) is 11.8. The first-order valence-electron chi connectivity index (χ1n) is 6.12. The summed E-state index contributed by atoms with van der Waals surface area (Å²) in [5, 5.41) is 5.93. The van der Waals surface area contributed by atoms with Crippen molar-refractivity contribution in [2.75, 3.05) is 26.1 Å². The van der Waals surface area contributed by atoms with Crippen LogP contribution in [0.5, 0.6) is 11.5 Å². The molecule has 19 heavy (non-hydrogen) atoms. The van der Waals surface area contributed by atoms with Gasteiger partial charge in [0.05, 0.1) is 26.5 Å². The van der Waals surface area contributed by atoms with Crippen molar-refractivity contribution >= 4 is 11.6 Å². The number of nitrogens with one attached hydrogen (secondary N) is 2. The number of amides is 1. The predicted molar refractivity (Wildman–Crippen MR) is 75.9 cm³/mol. The topological polar surface area (TPSA) is 59.6 Å². The van der Waals surface area contributed by atoms with Crippen molar-refractivity contribution in [3.63, 3.8) is 0 Å². The lowest BCUT2D eigenvalue weighted by atomic mass is 10.1. The first kappa shape index (κ1) is 15.3. The van der Waals surface area contributed by atoms with Gasteiger partial charge in [-0.3, -0.25) is 4.79 Å². The van der Waals surface area contributed by atoms with Gasteiger partial charge in [-0.25, -0.2) is 0 Å². The lowest BCUT2D eigenvalue weighted by molar-refractivity contribution is -0.115. The zero-order chi connectivity index (χ0) is 14.5. The Balaban J connectivity index is 2.68. The zero-order valence-electron chi connectivity index (χ0n) is 12.2. The maximum Gasteiger partial charge on any atom is 0.238 e. The highest BCUT2D eigenvalue weighted by Crippen LogP contribution is 2.28. The van der Waals surface area contributed by atoms with Crippen molar-refractivity contribution in [2.45, 2.75) is 26.3 Å². The third kappa shape index (κ3) is 5.18. The van der Waals surface area contributed by atoms with Gasteiger partial charge < -0.3 is 20.1 Å². The molecule has 1 aromatic carbocycles. The summed E-state index contributed by atoms with van der Waals surface area (Å²) >= 11 is 0. The Morgan fingerprint density at radius 1 is 1.21 bits per heavy atom. The van der Waals surface area contributed by atoms with Gasteiger partial charge in [-0.2, -0.15) is 0 Å². The summed E-state index contributed by atoms with van der Waals surface area (Å²) in [7, 11) is 3.14. The molecule has 1 amide bonds. The van der Waals surface area contributed by atoms with E-state index < -0.39 is 0 Å². The molecule has 0 aliphatic carbocycles. The van der Waals surface area contributed by atoms with Crippen LogP contribution in [0.15, 0.2) is 18.2 Å². The van der Waals surface area contributed by atoms with E-state index in [1.807, 2.05) is 20.8 Å². The number of methoxy groups -OCH3 is 2. The van der Waals surface area contributed by atoms with Crippen LogP contribution in [-0.2, 0) is 4.79 Å². The maximum absolute atomic E-state index is 11.8. The van der Waals surface area contributed by atoms with E-state index >= 15 is 0 Å². The Morgan fingerprint density at radius 3 is 2.42 bits per heavy atom. The number of carbonyl (C=O) groups excluding carboxylic acids is 1. The molecule has 5 nitrogen and oxygen atoms in total. The summed E-state index contributed by atoms with van der Waals surface area (Å²) < 4.78 is 10.3. The molecule has 0 bridgehead atoms. The monoisotopic (exact) mass is 266 g/mol. The van der Waals surface area contributed by atoms with E-state index in [4.69, 9.17) is 9.47 Å². The summed E-state index contributed by atoms with van der Waals surface area (Å²) in [5.74, 6) is 1.14. The Labute approximate surface area is 114 Å². The van der Waals surface area contributed by atoms with Gasteiger partial charge >= 0.3 is 0 Å². The fourth-order valence-electron chi connectivity index (χ4n) is 1.44. The third-order valence-corrected chi connectivity index (χ3v) is 2.46. The molecular weight excluding hydrogens is 244 g/mol. The van der Waals surface area contributed by atoms with Crippen LogP contribution in [0.3, 0.4) is 0 Å². The largest absolute Gasteiger partial charge is 0.497 e. The summed E-state index contributed by atoms with van der Waals surface area (Å²) in [5.41, 5.74) is 0.533. The average Bonchev–Trinajstić information content (AvgIpc) is 2.36. The van der Waals surface area contributed by atoms with Crippen molar-refractivity contribution in [3.8, 4) is 11.5 Å². The van der Waals surface area contributed by atoms with Crippen molar-refractivity contribution in [2.24, 2.45) is 0 Å². The van der Waals surface area contributed by atoms with E-state index in [1.165, 1.54) is 0 Å². The molecule has 0 radical (unpaired) electrons. The molecular formula is C14H22N2O3. The molecule has 0 aliphatic heterocycles. The van der Waals surface area contributed by atoms with Crippen molar-refractivity contribution in [3.05, 3.63) is 18.2 Å². The van der Waals surface area contributed by atoms with Gasteiger partial charge in [0.25, 0.3) is 0 Å². The van der Waals surface area contributed by atoms with Crippen LogP contribution in [0.2, 0.25) is 0 Å². The summed E-state index contributed by atoms with van der Waals surface area (Å²) in [6.45, 7) is 6.27. The molecule has 0 atom stereocenters. The molecule has 0 saturated carbocycles. The molecule has 2 N–H and O–H groups in total. The van der Waals surface area contributed by atoms with Gasteiger partial charge in [0.15, 0.2) is 0 Å². The molecule has 1 aromatic rings. The molecule has 0 aliphatic rings. The number of ether oxygens (including phenoxy) is 2. The highest BCUT2D eigenvalue weighted by atomic mass is 16.5. The summed E-state index contributed by atoms with van der Waals surface area (Å²) in [6.07, 6.45) is 0. The molecule has 0 aromatic heterocycles. The Hall–Kier alpha value is -1.75. The molecule has 5 heteroatoms.